The molecule has 1 unspecified atom stereocenters. The van der Waals surface area contributed by atoms with Crippen molar-refractivity contribution in [2.75, 3.05) is 6.54 Å². The molecule has 6 heteroatoms. The molecule has 1 fully saturated rings. The molecule has 0 radical (unpaired) electrons. The number of hydrogen-bond donors (Lipinski definition) is 0. The Bertz CT molecular complexity index is 935. The Labute approximate surface area is 143 Å². The summed E-state index contributed by atoms with van der Waals surface area (Å²) in [5, 5.41) is 2.09. The Balaban J connectivity index is 1.71. The molecule has 0 aliphatic carbocycles. The second-order valence-corrected chi connectivity index (χ2v) is 7.18. The molecule has 1 saturated heterocycles. The minimum atomic E-state index is -0.336. The molecule has 3 aromatic rings. The largest absolute Gasteiger partial charge is 0.308 e. The second-order valence-electron chi connectivity index (χ2n) is 6.20. The van der Waals surface area contributed by atoms with Crippen LogP contribution >= 0.6 is 11.3 Å². The first-order valence-corrected chi connectivity index (χ1v) is 8.94. The zero-order valence-electron chi connectivity index (χ0n) is 13.4. The molecule has 0 saturated carbocycles. The second kappa shape index (κ2) is 6.11. The summed E-state index contributed by atoms with van der Waals surface area (Å²) in [7, 11) is 1.72. The lowest BCUT2D eigenvalue weighted by atomic mass is 10.2. The van der Waals surface area contributed by atoms with Gasteiger partial charge in [0.05, 0.1) is 11.0 Å². The molecule has 124 valence electrons. The highest BCUT2D eigenvalue weighted by Gasteiger charge is 2.28. The lowest BCUT2D eigenvalue weighted by Gasteiger charge is -2.23. The minimum Gasteiger partial charge on any atom is -0.308 e. The van der Waals surface area contributed by atoms with Crippen LogP contribution in [0.4, 0.5) is 4.39 Å². The maximum absolute atomic E-state index is 13.5. The van der Waals surface area contributed by atoms with Crippen LogP contribution in [0, 0.1) is 5.82 Å². The first kappa shape index (κ1) is 15.5. The van der Waals surface area contributed by atoms with Crippen LogP contribution in [0.3, 0.4) is 0 Å². The number of thiophene rings is 1. The molecular weight excluding hydrogens is 325 g/mol. The first-order chi connectivity index (χ1) is 11.6. The molecule has 0 N–H and O–H groups in total. The average Bonchev–Trinajstić information content (AvgIpc) is 3.23. The van der Waals surface area contributed by atoms with E-state index >= 15 is 0 Å². The van der Waals surface area contributed by atoms with Gasteiger partial charge in [0.25, 0.3) is 5.56 Å². The summed E-state index contributed by atoms with van der Waals surface area (Å²) < 4.78 is 15.1. The lowest BCUT2D eigenvalue weighted by molar-refractivity contribution is 0.247. The fourth-order valence-corrected chi connectivity index (χ4v) is 4.38. The van der Waals surface area contributed by atoms with Gasteiger partial charge in [-0.1, -0.05) is 6.07 Å². The summed E-state index contributed by atoms with van der Waals surface area (Å²) in [6, 6.07) is 8.91. The van der Waals surface area contributed by atoms with E-state index in [4.69, 9.17) is 0 Å². The number of fused-ring (bicyclic) bond motifs is 1. The number of aryl methyl sites for hydroxylation is 1. The van der Waals surface area contributed by atoms with Crippen LogP contribution in [0.2, 0.25) is 0 Å². The van der Waals surface area contributed by atoms with Crippen molar-refractivity contribution in [1.29, 1.82) is 0 Å². The zero-order chi connectivity index (χ0) is 16.7. The Morgan fingerprint density at radius 2 is 2.25 bits per heavy atom. The highest BCUT2D eigenvalue weighted by atomic mass is 32.1. The first-order valence-electron chi connectivity index (χ1n) is 8.06. The molecule has 0 spiro atoms. The van der Waals surface area contributed by atoms with Crippen molar-refractivity contribution in [3.63, 3.8) is 0 Å². The van der Waals surface area contributed by atoms with Crippen molar-refractivity contribution in [2.24, 2.45) is 7.05 Å². The molecule has 1 aliphatic heterocycles. The average molecular weight is 343 g/mol. The van der Waals surface area contributed by atoms with Crippen molar-refractivity contribution in [1.82, 2.24) is 14.5 Å². The van der Waals surface area contributed by atoms with E-state index in [9.17, 15) is 9.18 Å². The van der Waals surface area contributed by atoms with Gasteiger partial charge in [-0.05, 0) is 43.0 Å². The fourth-order valence-electron chi connectivity index (χ4n) is 3.48. The Hall–Kier alpha value is -2.05. The Morgan fingerprint density at radius 1 is 1.38 bits per heavy atom. The zero-order valence-corrected chi connectivity index (χ0v) is 14.2. The number of hydrogen-bond acceptors (Lipinski definition) is 4. The third kappa shape index (κ3) is 2.65. The normalized spacial score (nSPS) is 18.5. The highest BCUT2D eigenvalue weighted by Crippen LogP contribution is 2.35. The van der Waals surface area contributed by atoms with E-state index in [-0.39, 0.29) is 11.4 Å². The van der Waals surface area contributed by atoms with Gasteiger partial charge in [-0.2, -0.15) is 0 Å². The molecule has 3 heterocycles. The lowest BCUT2D eigenvalue weighted by Crippen LogP contribution is -2.30. The predicted octanol–water partition coefficient (Wildman–Crippen LogP) is 3.47. The summed E-state index contributed by atoms with van der Waals surface area (Å²) in [5.74, 6) is -0.336. The van der Waals surface area contributed by atoms with Crippen molar-refractivity contribution < 1.29 is 4.39 Å². The molecule has 4 rings (SSSR count). The van der Waals surface area contributed by atoms with Gasteiger partial charge in [-0.15, -0.1) is 11.3 Å². The summed E-state index contributed by atoms with van der Waals surface area (Å²) in [5.41, 5.74) is 1.56. The maximum atomic E-state index is 13.5. The van der Waals surface area contributed by atoms with Gasteiger partial charge < -0.3 is 4.57 Å². The molecular formula is C18H18FN3OS. The van der Waals surface area contributed by atoms with Crippen LogP contribution < -0.4 is 5.56 Å². The Morgan fingerprint density at radius 3 is 3.04 bits per heavy atom. The number of nitrogens with zero attached hydrogens (tertiary/aromatic N) is 3. The van der Waals surface area contributed by atoms with Gasteiger partial charge >= 0.3 is 0 Å². The van der Waals surface area contributed by atoms with Gasteiger partial charge in [0, 0.05) is 30.6 Å². The third-order valence-corrected chi connectivity index (χ3v) is 5.67. The van der Waals surface area contributed by atoms with E-state index in [0.29, 0.717) is 29.3 Å². The molecule has 2 aromatic heterocycles. The molecule has 1 aromatic carbocycles. The van der Waals surface area contributed by atoms with E-state index in [1.54, 1.807) is 29.0 Å². The van der Waals surface area contributed by atoms with Gasteiger partial charge in [0.1, 0.15) is 11.5 Å². The van der Waals surface area contributed by atoms with Gasteiger partial charge in [-0.3, -0.25) is 9.69 Å². The smallest absolute Gasteiger partial charge is 0.273 e. The van der Waals surface area contributed by atoms with Crippen LogP contribution in [0.5, 0.6) is 0 Å². The Kier molecular flexibility index (Phi) is 3.94. The van der Waals surface area contributed by atoms with Crippen LogP contribution in [0.25, 0.3) is 11.0 Å². The predicted molar refractivity (Wildman–Crippen MR) is 93.6 cm³/mol. The summed E-state index contributed by atoms with van der Waals surface area (Å²) in [4.78, 5) is 20.7. The molecule has 24 heavy (non-hydrogen) atoms. The van der Waals surface area contributed by atoms with Crippen molar-refractivity contribution in [3.8, 4) is 0 Å². The van der Waals surface area contributed by atoms with Crippen LogP contribution in [-0.4, -0.2) is 21.0 Å². The summed E-state index contributed by atoms with van der Waals surface area (Å²) in [6.07, 6.45) is 2.22. The van der Waals surface area contributed by atoms with Crippen LogP contribution in [0.1, 0.15) is 29.5 Å². The van der Waals surface area contributed by atoms with Crippen LogP contribution in [0.15, 0.2) is 40.5 Å². The molecule has 1 aliphatic rings. The minimum absolute atomic E-state index is 0.106. The fraction of sp³-hybridized carbons (Fsp3) is 0.333. The monoisotopic (exact) mass is 343 g/mol. The number of likely N-dealkylation sites (tertiary alicyclic amines) is 1. The van der Waals surface area contributed by atoms with Crippen molar-refractivity contribution in [2.45, 2.75) is 25.4 Å². The van der Waals surface area contributed by atoms with E-state index in [1.807, 2.05) is 0 Å². The van der Waals surface area contributed by atoms with Crippen molar-refractivity contribution >= 4 is 22.4 Å². The highest BCUT2D eigenvalue weighted by molar-refractivity contribution is 7.10. The number of rotatable bonds is 3. The molecule has 4 nitrogen and oxygen atoms in total. The third-order valence-electron chi connectivity index (χ3n) is 4.69. The topological polar surface area (TPSA) is 38.1 Å². The number of aromatic nitrogens is 2. The summed E-state index contributed by atoms with van der Waals surface area (Å²) in [6.45, 7) is 1.45. The number of benzene rings is 1. The van der Waals surface area contributed by atoms with Gasteiger partial charge in [-0.25, -0.2) is 9.37 Å². The quantitative estimate of drug-likeness (QED) is 0.731. The van der Waals surface area contributed by atoms with E-state index in [1.165, 1.54) is 17.0 Å². The maximum Gasteiger partial charge on any atom is 0.273 e. The molecule has 1 atom stereocenters. The van der Waals surface area contributed by atoms with Gasteiger partial charge in [0.15, 0.2) is 0 Å². The van der Waals surface area contributed by atoms with E-state index in [0.717, 1.165) is 19.4 Å². The molecule has 0 amide bonds. The van der Waals surface area contributed by atoms with Crippen molar-refractivity contribution in [3.05, 3.63) is 62.5 Å². The summed E-state index contributed by atoms with van der Waals surface area (Å²) >= 11 is 1.75. The molecule has 0 bridgehead atoms. The SMILES string of the molecule is Cn1c(=O)c(CN2CCCC2c2cccs2)nc2cc(F)ccc21. The van der Waals surface area contributed by atoms with E-state index in [2.05, 4.69) is 27.4 Å². The van der Waals surface area contributed by atoms with Crippen LogP contribution in [-0.2, 0) is 13.6 Å². The standard InChI is InChI=1S/C18H18FN3OS/c1-21-15-7-6-12(19)10-13(15)20-14(18(21)23)11-22-8-2-4-16(22)17-5-3-9-24-17/h3,5-7,9-10,16H,2,4,8,11H2,1H3. The van der Waals surface area contributed by atoms with Gasteiger partial charge in [0.2, 0.25) is 0 Å². The van der Waals surface area contributed by atoms with E-state index < -0.39 is 0 Å². The number of halogens is 1.